The van der Waals surface area contributed by atoms with Crippen LogP contribution in [0.4, 0.5) is 4.79 Å². The molecule has 2 amide bonds. The molecule has 2 saturated heterocycles. The van der Waals surface area contributed by atoms with Crippen LogP contribution < -0.4 is 0 Å². The highest BCUT2D eigenvalue weighted by atomic mass is 32.2. The van der Waals surface area contributed by atoms with Crippen LogP contribution in [0, 0.1) is 5.92 Å². The lowest BCUT2D eigenvalue weighted by Gasteiger charge is -2.44. The van der Waals surface area contributed by atoms with E-state index in [9.17, 15) is 14.4 Å². The number of rotatable bonds is 5. The molecule has 0 N–H and O–H groups in total. The monoisotopic (exact) mass is 446 g/mol. The summed E-state index contributed by atoms with van der Waals surface area (Å²) in [5.74, 6) is 1.08. The first-order chi connectivity index (χ1) is 14.6. The second-order valence-electron chi connectivity index (χ2n) is 9.76. The van der Waals surface area contributed by atoms with E-state index in [1.807, 2.05) is 43.9 Å². The molecular formula is C24H34N2O4S. The fraction of sp³-hybridized carbons (Fsp3) is 0.625. The van der Waals surface area contributed by atoms with Crippen molar-refractivity contribution in [1.29, 1.82) is 0 Å². The third-order valence-electron chi connectivity index (χ3n) is 6.07. The number of nitrogens with zero attached hydrogens (tertiary/aromatic N) is 2. The molecule has 2 heterocycles. The number of carbonyl (C=O) groups is 3. The third kappa shape index (κ3) is 6.25. The lowest BCUT2D eigenvalue weighted by atomic mass is 9.72. The standard InChI is InChI=1S/C24H34N2O4S/c1-18(27)31-16-19-14-21(28)26(15-19)17-24(20-8-6-5-7-9-20)10-12-25(13-11-24)22(29)30-23(2,3)4/h5-9,19H,10-17H2,1-4H3. The van der Waals surface area contributed by atoms with Gasteiger partial charge in [0.25, 0.3) is 0 Å². The summed E-state index contributed by atoms with van der Waals surface area (Å²) in [6.45, 7) is 9.77. The lowest BCUT2D eigenvalue weighted by Crippen LogP contribution is -2.51. The van der Waals surface area contributed by atoms with Crippen molar-refractivity contribution < 1.29 is 19.1 Å². The van der Waals surface area contributed by atoms with Gasteiger partial charge in [-0.1, -0.05) is 42.1 Å². The van der Waals surface area contributed by atoms with Crippen LogP contribution >= 0.6 is 11.8 Å². The number of thioether (sulfide) groups is 1. The van der Waals surface area contributed by atoms with Crippen molar-refractivity contribution in [1.82, 2.24) is 9.80 Å². The first-order valence-corrected chi connectivity index (χ1v) is 12.0. The Kier molecular flexibility index (Phi) is 7.35. The van der Waals surface area contributed by atoms with Crippen LogP contribution in [0.5, 0.6) is 0 Å². The molecule has 3 rings (SSSR count). The Bertz CT molecular complexity index is 798. The van der Waals surface area contributed by atoms with Gasteiger partial charge < -0.3 is 14.5 Å². The average molecular weight is 447 g/mol. The van der Waals surface area contributed by atoms with Crippen molar-refractivity contribution in [3.05, 3.63) is 35.9 Å². The van der Waals surface area contributed by atoms with Gasteiger partial charge in [-0.15, -0.1) is 0 Å². The molecule has 1 aromatic carbocycles. The Morgan fingerprint density at radius 2 is 1.81 bits per heavy atom. The Morgan fingerprint density at radius 3 is 2.39 bits per heavy atom. The maximum Gasteiger partial charge on any atom is 0.410 e. The number of benzene rings is 1. The van der Waals surface area contributed by atoms with Gasteiger partial charge in [0.1, 0.15) is 5.60 Å². The summed E-state index contributed by atoms with van der Waals surface area (Å²) in [6, 6.07) is 10.3. The highest BCUT2D eigenvalue weighted by Gasteiger charge is 2.42. The van der Waals surface area contributed by atoms with Crippen molar-refractivity contribution in [2.75, 3.05) is 31.9 Å². The highest BCUT2D eigenvalue weighted by molar-refractivity contribution is 8.13. The topological polar surface area (TPSA) is 66.9 Å². The first-order valence-electron chi connectivity index (χ1n) is 11.0. The van der Waals surface area contributed by atoms with Gasteiger partial charge in [-0.25, -0.2) is 4.79 Å². The van der Waals surface area contributed by atoms with E-state index < -0.39 is 5.60 Å². The number of ether oxygens (including phenoxy) is 1. The van der Waals surface area contributed by atoms with E-state index in [1.54, 1.807) is 11.8 Å². The van der Waals surface area contributed by atoms with Gasteiger partial charge in [0.05, 0.1) is 0 Å². The van der Waals surface area contributed by atoms with E-state index in [-0.39, 0.29) is 28.4 Å². The number of hydrogen-bond donors (Lipinski definition) is 0. The Balaban J connectivity index is 1.71. The van der Waals surface area contributed by atoms with Crippen molar-refractivity contribution in [2.24, 2.45) is 5.92 Å². The Morgan fingerprint density at radius 1 is 1.16 bits per heavy atom. The van der Waals surface area contributed by atoms with Crippen LogP contribution in [0.25, 0.3) is 0 Å². The smallest absolute Gasteiger partial charge is 0.410 e. The maximum atomic E-state index is 12.8. The quantitative estimate of drug-likeness (QED) is 0.682. The molecule has 0 bridgehead atoms. The van der Waals surface area contributed by atoms with Gasteiger partial charge in [-0.05, 0) is 45.1 Å². The molecule has 0 saturated carbocycles. The Labute approximate surface area is 189 Å². The molecule has 0 aromatic heterocycles. The van der Waals surface area contributed by atoms with Gasteiger partial charge in [0.2, 0.25) is 5.91 Å². The number of likely N-dealkylation sites (tertiary alicyclic amines) is 2. The second-order valence-corrected chi connectivity index (χ2v) is 11.0. The minimum absolute atomic E-state index is 0.0983. The molecule has 1 aromatic rings. The molecule has 0 radical (unpaired) electrons. The van der Waals surface area contributed by atoms with E-state index >= 15 is 0 Å². The van der Waals surface area contributed by atoms with Crippen LogP contribution in [0.2, 0.25) is 0 Å². The molecule has 2 fully saturated rings. The molecule has 2 aliphatic rings. The molecule has 170 valence electrons. The largest absolute Gasteiger partial charge is 0.444 e. The summed E-state index contributed by atoms with van der Waals surface area (Å²) in [5, 5.41) is 0.0983. The normalized spacial score (nSPS) is 21.3. The summed E-state index contributed by atoms with van der Waals surface area (Å²) in [6.07, 6.45) is 1.81. The van der Waals surface area contributed by atoms with Gasteiger partial charge in [0, 0.05) is 50.7 Å². The van der Waals surface area contributed by atoms with Crippen molar-refractivity contribution in [3.8, 4) is 0 Å². The average Bonchev–Trinajstić information content (AvgIpc) is 3.05. The lowest BCUT2D eigenvalue weighted by molar-refractivity contribution is -0.128. The Hall–Kier alpha value is -2.02. The van der Waals surface area contributed by atoms with Crippen LogP contribution in [0.15, 0.2) is 30.3 Å². The van der Waals surface area contributed by atoms with Gasteiger partial charge in [-0.2, -0.15) is 0 Å². The molecule has 1 unspecified atom stereocenters. The molecule has 7 heteroatoms. The third-order valence-corrected chi connectivity index (χ3v) is 7.11. The van der Waals surface area contributed by atoms with Crippen LogP contribution in [0.1, 0.15) is 52.5 Å². The SMILES string of the molecule is CC(=O)SCC1CC(=O)N(CC2(c3ccccc3)CCN(C(=O)OC(C)(C)C)CC2)C1. The predicted octanol–water partition coefficient (Wildman–Crippen LogP) is 4.08. The first kappa shape index (κ1) is 23.6. The van der Waals surface area contributed by atoms with Crippen molar-refractivity contribution >= 4 is 28.9 Å². The van der Waals surface area contributed by atoms with Crippen LogP contribution in [-0.2, 0) is 19.7 Å². The van der Waals surface area contributed by atoms with Crippen LogP contribution in [0.3, 0.4) is 0 Å². The minimum atomic E-state index is -0.514. The van der Waals surface area contributed by atoms with E-state index in [4.69, 9.17) is 4.74 Å². The van der Waals surface area contributed by atoms with E-state index in [1.165, 1.54) is 17.3 Å². The summed E-state index contributed by atoms with van der Waals surface area (Å²) < 4.78 is 5.55. The molecule has 1 atom stereocenters. The fourth-order valence-electron chi connectivity index (χ4n) is 4.49. The predicted molar refractivity (Wildman–Crippen MR) is 123 cm³/mol. The van der Waals surface area contributed by atoms with Crippen molar-refractivity contribution in [2.45, 2.75) is 58.0 Å². The van der Waals surface area contributed by atoms with E-state index in [0.717, 1.165) is 12.8 Å². The van der Waals surface area contributed by atoms with E-state index in [2.05, 4.69) is 12.1 Å². The minimum Gasteiger partial charge on any atom is -0.444 e. The summed E-state index contributed by atoms with van der Waals surface area (Å²) in [4.78, 5) is 40.4. The van der Waals surface area contributed by atoms with Crippen LogP contribution in [-0.4, -0.2) is 64.4 Å². The molecule has 0 aliphatic carbocycles. The summed E-state index contributed by atoms with van der Waals surface area (Å²) in [7, 11) is 0. The van der Waals surface area contributed by atoms with E-state index in [0.29, 0.717) is 38.4 Å². The zero-order valence-electron chi connectivity index (χ0n) is 19.1. The second kappa shape index (κ2) is 9.63. The zero-order valence-corrected chi connectivity index (χ0v) is 19.9. The number of piperidine rings is 1. The molecule has 6 nitrogen and oxygen atoms in total. The number of amides is 2. The maximum absolute atomic E-state index is 12.8. The summed E-state index contributed by atoms with van der Waals surface area (Å²) in [5.41, 5.74) is 0.519. The fourth-order valence-corrected chi connectivity index (χ4v) is 5.19. The van der Waals surface area contributed by atoms with Crippen molar-refractivity contribution in [3.63, 3.8) is 0 Å². The summed E-state index contributed by atoms with van der Waals surface area (Å²) >= 11 is 1.31. The number of hydrogen-bond acceptors (Lipinski definition) is 5. The van der Waals surface area contributed by atoms with Gasteiger partial charge in [0.15, 0.2) is 5.12 Å². The molecular weight excluding hydrogens is 412 g/mol. The highest BCUT2D eigenvalue weighted by Crippen LogP contribution is 2.38. The molecule has 31 heavy (non-hydrogen) atoms. The van der Waals surface area contributed by atoms with Gasteiger partial charge >= 0.3 is 6.09 Å². The zero-order chi connectivity index (χ0) is 22.6. The molecule has 0 spiro atoms. The molecule has 2 aliphatic heterocycles. The number of carbonyl (C=O) groups excluding carboxylic acids is 3. The van der Waals surface area contributed by atoms with Gasteiger partial charge in [-0.3, -0.25) is 9.59 Å².